The standard InChI is InChI=1S/C22H23Cl2F3N4O/c1-12-9-13(22(25,26)27)10-17-20(12)29-18(30(17)2)11-15-16(23)4-3-14(19(15)24)21(32)31-7-5-28-6-8-31/h3-4,9-10,21,28,32H,5-8,11H2,1-2H3. The van der Waals surface area contributed by atoms with Gasteiger partial charge in [-0.15, -0.1) is 0 Å². The topological polar surface area (TPSA) is 53.3 Å². The molecule has 2 N–H and O–H groups in total. The van der Waals surface area contributed by atoms with Crippen LogP contribution in [0, 0.1) is 6.92 Å². The van der Waals surface area contributed by atoms with E-state index in [9.17, 15) is 18.3 Å². The van der Waals surface area contributed by atoms with Crippen molar-refractivity contribution >= 4 is 34.2 Å². The summed E-state index contributed by atoms with van der Waals surface area (Å²) in [7, 11) is 1.67. The van der Waals surface area contributed by atoms with Crippen molar-refractivity contribution in [2.45, 2.75) is 25.7 Å². The molecule has 0 radical (unpaired) electrons. The van der Waals surface area contributed by atoms with Crippen LogP contribution in [0.25, 0.3) is 11.0 Å². The summed E-state index contributed by atoms with van der Waals surface area (Å²) in [5.41, 5.74) is 1.73. The van der Waals surface area contributed by atoms with Crippen LogP contribution >= 0.6 is 23.2 Å². The van der Waals surface area contributed by atoms with E-state index in [1.165, 1.54) is 0 Å². The number of fused-ring (bicyclic) bond motifs is 1. The molecular weight excluding hydrogens is 464 g/mol. The first-order valence-electron chi connectivity index (χ1n) is 10.2. The van der Waals surface area contributed by atoms with Gasteiger partial charge in [-0.3, -0.25) is 4.90 Å². The second-order valence-corrected chi connectivity index (χ2v) is 8.80. The summed E-state index contributed by atoms with van der Waals surface area (Å²) in [6.45, 7) is 4.52. The number of halogens is 5. The van der Waals surface area contributed by atoms with E-state index in [1.807, 2.05) is 4.90 Å². The maximum Gasteiger partial charge on any atom is 0.416 e. The molecule has 1 aliphatic rings. The van der Waals surface area contributed by atoms with Crippen LogP contribution in [-0.2, 0) is 19.6 Å². The molecule has 1 aliphatic heterocycles. The Morgan fingerprint density at radius 2 is 1.88 bits per heavy atom. The Morgan fingerprint density at radius 3 is 2.53 bits per heavy atom. The monoisotopic (exact) mass is 486 g/mol. The highest BCUT2D eigenvalue weighted by atomic mass is 35.5. The molecule has 1 unspecified atom stereocenters. The Balaban J connectivity index is 1.72. The SMILES string of the molecule is Cc1cc(C(F)(F)F)cc2c1nc(Cc1c(Cl)ccc(C(O)N3CCNCC3)c1Cl)n2C. The molecule has 1 aromatic heterocycles. The third-order valence-corrected chi connectivity index (χ3v) is 6.72. The van der Waals surface area contributed by atoms with Crippen molar-refractivity contribution < 1.29 is 18.3 Å². The molecule has 1 fully saturated rings. The number of aromatic nitrogens is 2. The van der Waals surface area contributed by atoms with Gasteiger partial charge in [0.15, 0.2) is 0 Å². The second kappa shape index (κ2) is 8.83. The van der Waals surface area contributed by atoms with Gasteiger partial charge in [0, 0.05) is 50.2 Å². The normalized spacial score (nSPS) is 16.6. The molecule has 1 atom stereocenters. The van der Waals surface area contributed by atoms with Gasteiger partial charge in [-0.25, -0.2) is 4.98 Å². The van der Waals surface area contributed by atoms with Crippen LogP contribution < -0.4 is 5.32 Å². The summed E-state index contributed by atoms with van der Waals surface area (Å²) >= 11 is 13.1. The number of aliphatic hydroxyl groups excluding tert-OH is 1. The number of aliphatic hydroxyl groups is 1. The molecule has 0 aliphatic carbocycles. The van der Waals surface area contributed by atoms with E-state index in [0.29, 0.717) is 56.7 Å². The van der Waals surface area contributed by atoms with Crippen molar-refractivity contribution in [3.05, 3.63) is 62.4 Å². The molecule has 3 aromatic rings. The van der Waals surface area contributed by atoms with Crippen molar-refractivity contribution in [1.29, 1.82) is 0 Å². The number of benzene rings is 2. The first-order valence-corrected chi connectivity index (χ1v) is 11.0. The number of rotatable bonds is 4. The lowest BCUT2D eigenvalue weighted by Crippen LogP contribution is -2.45. The summed E-state index contributed by atoms with van der Waals surface area (Å²) in [5, 5.41) is 14.8. The van der Waals surface area contributed by atoms with Crippen molar-refractivity contribution in [2.75, 3.05) is 26.2 Å². The van der Waals surface area contributed by atoms with Crippen LogP contribution in [0.4, 0.5) is 13.2 Å². The molecule has 172 valence electrons. The molecule has 2 aromatic carbocycles. The first kappa shape index (κ1) is 23.3. The van der Waals surface area contributed by atoms with E-state index in [1.54, 1.807) is 30.7 Å². The van der Waals surface area contributed by atoms with Crippen molar-refractivity contribution in [3.63, 3.8) is 0 Å². The van der Waals surface area contributed by atoms with Gasteiger partial charge in [-0.2, -0.15) is 13.2 Å². The quantitative estimate of drug-likeness (QED) is 0.561. The predicted octanol–water partition coefficient (Wildman–Crippen LogP) is 4.69. The lowest BCUT2D eigenvalue weighted by atomic mass is 10.0. The Kier molecular flexibility index (Phi) is 6.44. The van der Waals surface area contributed by atoms with E-state index >= 15 is 0 Å². The van der Waals surface area contributed by atoms with Crippen LogP contribution in [0.5, 0.6) is 0 Å². The third-order valence-electron chi connectivity index (χ3n) is 5.92. The van der Waals surface area contributed by atoms with E-state index in [0.717, 1.165) is 25.2 Å². The van der Waals surface area contributed by atoms with Gasteiger partial charge in [-0.1, -0.05) is 29.3 Å². The highest BCUT2D eigenvalue weighted by Crippen LogP contribution is 2.36. The molecule has 0 bridgehead atoms. The van der Waals surface area contributed by atoms with E-state index in [2.05, 4.69) is 10.3 Å². The summed E-state index contributed by atoms with van der Waals surface area (Å²) in [6, 6.07) is 5.59. The van der Waals surface area contributed by atoms with Crippen LogP contribution in [0.3, 0.4) is 0 Å². The van der Waals surface area contributed by atoms with Crippen LogP contribution in [0.1, 0.15) is 34.3 Å². The van der Waals surface area contributed by atoms with Gasteiger partial charge < -0.3 is 15.0 Å². The second-order valence-electron chi connectivity index (χ2n) is 8.01. The van der Waals surface area contributed by atoms with Gasteiger partial charge >= 0.3 is 6.18 Å². The molecule has 4 rings (SSSR count). The largest absolute Gasteiger partial charge is 0.416 e. The van der Waals surface area contributed by atoms with Gasteiger partial charge in [-0.05, 0) is 36.2 Å². The van der Waals surface area contributed by atoms with Gasteiger partial charge in [0.2, 0.25) is 0 Å². The third kappa shape index (κ3) is 4.34. The molecule has 2 heterocycles. The molecule has 10 heteroatoms. The van der Waals surface area contributed by atoms with Crippen LogP contribution in [-0.4, -0.2) is 45.7 Å². The zero-order valence-corrected chi connectivity index (χ0v) is 19.1. The highest BCUT2D eigenvalue weighted by Gasteiger charge is 2.32. The fourth-order valence-electron chi connectivity index (χ4n) is 4.09. The minimum Gasteiger partial charge on any atom is -0.374 e. The summed E-state index contributed by atoms with van der Waals surface area (Å²) in [6.07, 6.45) is -5.10. The smallest absolute Gasteiger partial charge is 0.374 e. The fraction of sp³-hybridized carbons (Fsp3) is 0.409. The lowest BCUT2D eigenvalue weighted by molar-refractivity contribution is -0.137. The number of hydrogen-bond acceptors (Lipinski definition) is 4. The van der Waals surface area contributed by atoms with Crippen LogP contribution in [0.15, 0.2) is 24.3 Å². The van der Waals surface area contributed by atoms with E-state index < -0.39 is 18.0 Å². The Bertz CT molecular complexity index is 1160. The molecule has 0 spiro atoms. The van der Waals surface area contributed by atoms with Crippen molar-refractivity contribution in [2.24, 2.45) is 7.05 Å². The number of alkyl halides is 3. The summed E-state index contributed by atoms with van der Waals surface area (Å²) < 4.78 is 41.4. The average molecular weight is 487 g/mol. The number of nitrogens with one attached hydrogen (secondary N) is 1. The Labute approximate surface area is 193 Å². The van der Waals surface area contributed by atoms with Gasteiger partial charge in [0.1, 0.15) is 12.1 Å². The van der Waals surface area contributed by atoms with Crippen molar-refractivity contribution in [3.8, 4) is 0 Å². The van der Waals surface area contributed by atoms with E-state index in [4.69, 9.17) is 23.2 Å². The fourth-order valence-corrected chi connectivity index (χ4v) is 4.69. The molecular formula is C22H23Cl2F3N4O. The minimum atomic E-state index is -4.44. The van der Waals surface area contributed by atoms with Gasteiger partial charge in [0.05, 0.1) is 21.6 Å². The molecule has 5 nitrogen and oxygen atoms in total. The number of aryl methyl sites for hydroxylation is 2. The minimum absolute atomic E-state index is 0.214. The molecule has 1 saturated heterocycles. The molecule has 0 saturated carbocycles. The lowest BCUT2D eigenvalue weighted by Gasteiger charge is -2.32. The highest BCUT2D eigenvalue weighted by molar-refractivity contribution is 6.36. The predicted molar refractivity (Wildman–Crippen MR) is 119 cm³/mol. The zero-order chi connectivity index (χ0) is 23.2. The molecule has 32 heavy (non-hydrogen) atoms. The maximum absolute atomic E-state index is 13.3. The van der Waals surface area contributed by atoms with Crippen molar-refractivity contribution in [1.82, 2.24) is 19.8 Å². The number of hydrogen-bond donors (Lipinski definition) is 2. The zero-order valence-electron chi connectivity index (χ0n) is 17.6. The number of piperazine rings is 1. The average Bonchev–Trinajstić information content (AvgIpc) is 3.07. The first-order chi connectivity index (χ1) is 15.1. The summed E-state index contributed by atoms with van der Waals surface area (Å²) in [4.78, 5) is 6.50. The Hall–Kier alpha value is -1.84. The van der Waals surface area contributed by atoms with Gasteiger partial charge in [0.25, 0.3) is 0 Å². The Morgan fingerprint density at radius 1 is 1.19 bits per heavy atom. The summed E-state index contributed by atoms with van der Waals surface area (Å²) in [5.74, 6) is 0.528. The number of nitrogens with zero attached hydrogens (tertiary/aromatic N) is 3. The number of imidazole rings is 1. The molecule has 0 amide bonds. The van der Waals surface area contributed by atoms with E-state index in [-0.39, 0.29) is 6.42 Å². The van der Waals surface area contributed by atoms with Crippen LogP contribution in [0.2, 0.25) is 10.0 Å². The maximum atomic E-state index is 13.3.